The molecule has 0 amide bonds. The summed E-state index contributed by atoms with van der Waals surface area (Å²) in [5.41, 5.74) is 0.0979. The van der Waals surface area contributed by atoms with Crippen molar-refractivity contribution >= 4 is 5.96 Å². The van der Waals surface area contributed by atoms with Gasteiger partial charge in [0.1, 0.15) is 0 Å². The molecule has 6 nitrogen and oxygen atoms in total. The van der Waals surface area contributed by atoms with Gasteiger partial charge in [-0.1, -0.05) is 20.8 Å². The zero-order valence-corrected chi connectivity index (χ0v) is 13.9. The standard InChI is InChI=1S/C15H29N5O/c1-15(2,3)13(21-5)12-18-14(16-4)17-8-6-10-20-11-7-9-19-20/h7,9,11,13H,6,8,10,12H2,1-5H3,(H2,16,17,18). The number of guanidine groups is 1. The molecule has 0 saturated carbocycles. The van der Waals surface area contributed by atoms with Crippen LogP contribution < -0.4 is 10.6 Å². The van der Waals surface area contributed by atoms with Gasteiger partial charge in [0.2, 0.25) is 0 Å². The van der Waals surface area contributed by atoms with Crippen LogP contribution in [0.25, 0.3) is 0 Å². The molecule has 0 spiro atoms. The summed E-state index contributed by atoms with van der Waals surface area (Å²) in [6, 6.07) is 1.94. The van der Waals surface area contributed by atoms with Gasteiger partial charge in [-0.25, -0.2) is 0 Å². The summed E-state index contributed by atoms with van der Waals surface area (Å²) in [6.45, 7) is 9.00. The maximum Gasteiger partial charge on any atom is 0.191 e. The van der Waals surface area contributed by atoms with Gasteiger partial charge < -0.3 is 15.4 Å². The molecule has 0 bridgehead atoms. The largest absolute Gasteiger partial charge is 0.379 e. The molecule has 0 aliphatic carbocycles. The number of nitrogens with zero attached hydrogens (tertiary/aromatic N) is 3. The number of methoxy groups -OCH3 is 1. The Labute approximate surface area is 128 Å². The average molecular weight is 295 g/mol. The highest BCUT2D eigenvalue weighted by atomic mass is 16.5. The third kappa shape index (κ3) is 6.62. The first-order chi connectivity index (χ1) is 9.97. The molecular weight excluding hydrogens is 266 g/mol. The summed E-state index contributed by atoms with van der Waals surface area (Å²) in [4.78, 5) is 4.23. The molecule has 0 saturated heterocycles. The Morgan fingerprint density at radius 2 is 2.14 bits per heavy atom. The minimum atomic E-state index is 0.0979. The molecule has 1 unspecified atom stereocenters. The zero-order valence-electron chi connectivity index (χ0n) is 13.9. The molecule has 1 heterocycles. The van der Waals surface area contributed by atoms with E-state index in [9.17, 15) is 0 Å². The molecule has 6 heteroatoms. The van der Waals surface area contributed by atoms with Crippen LogP contribution in [-0.2, 0) is 11.3 Å². The van der Waals surface area contributed by atoms with Crippen molar-refractivity contribution in [3.63, 3.8) is 0 Å². The van der Waals surface area contributed by atoms with E-state index in [0.29, 0.717) is 0 Å². The van der Waals surface area contributed by atoms with Gasteiger partial charge in [-0.15, -0.1) is 0 Å². The van der Waals surface area contributed by atoms with Crippen LogP contribution >= 0.6 is 0 Å². The van der Waals surface area contributed by atoms with Crippen LogP contribution in [0.4, 0.5) is 0 Å². The zero-order chi connectivity index (χ0) is 15.7. The SMILES string of the molecule is CN=C(NCCCn1cccn1)NCC(OC)C(C)(C)C. The molecule has 0 fully saturated rings. The van der Waals surface area contributed by atoms with E-state index in [0.717, 1.165) is 32.0 Å². The molecule has 0 aliphatic rings. The molecule has 120 valence electrons. The molecule has 1 aromatic rings. The van der Waals surface area contributed by atoms with Crippen LogP contribution in [0.5, 0.6) is 0 Å². The Morgan fingerprint density at radius 1 is 1.38 bits per heavy atom. The van der Waals surface area contributed by atoms with Crippen molar-refractivity contribution in [2.24, 2.45) is 10.4 Å². The summed E-state index contributed by atoms with van der Waals surface area (Å²) in [5, 5.41) is 10.8. The number of hydrogen-bond acceptors (Lipinski definition) is 3. The first-order valence-electron chi connectivity index (χ1n) is 7.42. The highest BCUT2D eigenvalue weighted by Crippen LogP contribution is 2.20. The van der Waals surface area contributed by atoms with Crippen LogP contribution in [0.15, 0.2) is 23.5 Å². The van der Waals surface area contributed by atoms with Crippen LogP contribution in [0, 0.1) is 5.41 Å². The molecule has 0 aromatic carbocycles. The third-order valence-electron chi connectivity index (χ3n) is 3.34. The summed E-state index contributed by atoms with van der Waals surface area (Å²) >= 11 is 0. The van der Waals surface area contributed by atoms with Gasteiger partial charge >= 0.3 is 0 Å². The van der Waals surface area contributed by atoms with Crippen molar-refractivity contribution in [2.45, 2.75) is 39.8 Å². The van der Waals surface area contributed by atoms with Crippen molar-refractivity contribution in [3.8, 4) is 0 Å². The lowest BCUT2D eigenvalue weighted by Gasteiger charge is -2.30. The van der Waals surface area contributed by atoms with Crippen LogP contribution in [-0.4, -0.2) is 49.1 Å². The Kier molecular flexibility index (Phi) is 7.22. The molecule has 1 aromatic heterocycles. The van der Waals surface area contributed by atoms with Crippen molar-refractivity contribution in [1.29, 1.82) is 0 Å². The maximum atomic E-state index is 5.53. The first kappa shape index (κ1) is 17.5. The molecule has 21 heavy (non-hydrogen) atoms. The van der Waals surface area contributed by atoms with Crippen molar-refractivity contribution < 1.29 is 4.74 Å². The van der Waals surface area contributed by atoms with E-state index >= 15 is 0 Å². The fraction of sp³-hybridized carbons (Fsp3) is 0.733. The van der Waals surface area contributed by atoms with Crippen molar-refractivity contribution in [2.75, 3.05) is 27.2 Å². The molecule has 1 atom stereocenters. The van der Waals surface area contributed by atoms with Crippen LogP contribution in [0.1, 0.15) is 27.2 Å². The Bertz CT molecular complexity index is 408. The number of aliphatic imine (C=N–C) groups is 1. The van der Waals surface area contributed by atoms with Gasteiger partial charge in [0.25, 0.3) is 0 Å². The average Bonchev–Trinajstić information content (AvgIpc) is 2.93. The third-order valence-corrected chi connectivity index (χ3v) is 3.34. The van der Waals surface area contributed by atoms with E-state index in [2.05, 4.69) is 41.5 Å². The number of ether oxygens (including phenoxy) is 1. The topological polar surface area (TPSA) is 63.5 Å². The number of aryl methyl sites for hydroxylation is 1. The predicted molar refractivity (Wildman–Crippen MR) is 86.5 cm³/mol. The summed E-state index contributed by atoms with van der Waals surface area (Å²) in [6.07, 6.45) is 4.90. The lowest BCUT2D eigenvalue weighted by molar-refractivity contribution is 0.0205. The second kappa shape index (κ2) is 8.67. The second-order valence-corrected chi connectivity index (χ2v) is 6.09. The normalized spacial score (nSPS) is 14.0. The van der Waals surface area contributed by atoms with Crippen molar-refractivity contribution in [3.05, 3.63) is 18.5 Å². The minimum Gasteiger partial charge on any atom is -0.379 e. The Morgan fingerprint density at radius 3 is 2.67 bits per heavy atom. The lowest BCUT2D eigenvalue weighted by Crippen LogP contribution is -2.45. The van der Waals surface area contributed by atoms with E-state index in [4.69, 9.17) is 4.74 Å². The number of nitrogens with one attached hydrogen (secondary N) is 2. The Balaban J connectivity index is 2.25. The maximum absolute atomic E-state index is 5.53. The van der Waals surface area contributed by atoms with Gasteiger partial charge in [-0.3, -0.25) is 9.67 Å². The van der Waals surface area contributed by atoms with Gasteiger partial charge in [-0.2, -0.15) is 5.10 Å². The van der Waals surface area contributed by atoms with Crippen LogP contribution in [0.3, 0.4) is 0 Å². The summed E-state index contributed by atoms with van der Waals surface area (Å²) in [7, 11) is 3.53. The fourth-order valence-electron chi connectivity index (χ4n) is 2.03. The molecule has 2 N–H and O–H groups in total. The van der Waals surface area contributed by atoms with E-state index < -0.39 is 0 Å². The van der Waals surface area contributed by atoms with E-state index in [-0.39, 0.29) is 11.5 Å². The van der Waals surface area contributed by atoms with Gasteiger partial charge in [-0.05, 0) is 17.9 Å². The number of hydrogen-bond donors (Lipinski definition) is 2. The fourth-order valence-corrected chi connectivity index (χ4v) is 2.03. The summed E-state index contributed by atoms with van der Waals surface area (Å²) in [5.74, 6) is 0.807. The highest BCUT2D eigenvalue weighted by molar-refractivity contribution is 5.79. The quantitative estimate of drug-likeness (QED) is 0.454. The summed E-state index contributed by atoms with van der Waals surface area (Å²) < 4.78 is 7.46. The highest BCUT2D eigenvalue weighted by Gasteiger charge is 2.24. The van der Waals surface area contributed by atoms with Gasteiger partial charge in [0.15, 0.2) is 5.96 Å². The number of aromatic nitrogens is 2. The van der Waals surface area contributed by atoms with E-state index in [1.807, 2.05) is 16.9 Å². The second-order valence-electron chi connectivity index (χ2n) is 6.09. The molecular formula is C15H29N5O. The molecule has 0 aliphatic heterocycles. The number of rotatable bonds is 7. The molecule has 1 rings (SSSR count). The smallest absolute Gasteiger partial charge is 0.191 e. The Hall–Kier alpha value is -1.56. The monoisotopic (exact) mass is 295 g/mol. The van der Waals surface area contributed by atoms with Crippen molar-refractivity contribution in [1.82, 2.24) is 20.4 Å². The van der Waals surface area contributed by atoms with E-state index in [1.165, 1.54) is 0 Å². The van der Waals surface area contributed by atoms with Gasteiger partial charge in [0, 0.05) is 46.2 Å². The van der Waals surface area contributed by atoms with Gasteiger partial charge in [0.05, 0.1) is 6.10 Å². The molecule has 0 radical (unpaired) electrons. The first-order valence-corrected chi connectivity index (χ1v) is 7.42. The lowest BCUT2D eigenvalue weighted by atomic mass is 9.89. The minimum absolute atomic E-state index is 0.0979. The predicted octanol–water partition coefficient (Wildman–Crippen LogP) is 1.50. The van der Waals surface area contributed by atoms with E-state index in [1.54, 1.807) is 20.4 Å². The van der Waals surface area contributed by atoms with Crippen LogP contribution in [0.2, 0.25) is 0 Å².